The molecular weight excluding hydrogens is 298 g/mol. The average molecular weight is 319 g/mol. The first kappa shape index (κ1) is 15.6. The van der Waals surface area contributed by atoms with Crippen LogP contribution in [-0.2, 0) is 11.3 Å². The van der Waals surface area contributed by atoms with Gasteiger partial charge in [0.1, 0.15) is 6.54 Å². The lowest BCUT2D eigenvalue weighted by atomic mass is 9.78. The number of carbonyl (C=O) groups is 1. The minimum absolute atomic E-state index is 0.0763. The lowest BCUT2D eigenvalue weighted by Gasteiger charge is -2.34. The van der Waals surface area contributed by atoms with E-state index in [2.05, 4.69) is 24.3 Å². The van der Waals surface area contributed by atoms with E-state index in [1.807, 2.05) is 0 Å². The van der Waals surface area contributed by atoms with E-state index in [-0.39, 0.29) is 24.4 Å². The average Bonchev–Trinajstić information content (AvgIpc) is 3.14. The lowest BCUT2D eigenvalue weighted by Crippen LogP contribution is -2.45. The van der Waals surface area contributed by atoms with Gasteiger partial charge < -0.3 is 14.2 Å². The Morgan fingerprint density at radius 1 is 1.43 bits per heavy atom. The summed E-state index contributed by atoms with van der Waals surface area (Å²) in [6, 6.07) is 3.46. The van der Waals surface area contributed by atoms with Gasteiger partial charge in [0, 0.05) is 6.04 Å². The molecular formula is C16H21N3O4. The second-order valence-electron chi connectivity index (χ2n) is 6.25. The predicted octanol–water partition coefficient (Wildman–Crippen LogP) is 2.04. The Bertz CT molecular complexity index is 716. The molecule has 1 fully saturated rings. The smallest absolute Gasteiger partial charge is 0.437 e. The SMILES string of the molecule is CC1CCCC(NC(=O)Cn2nc(-c3ccco3)oc2=O)C1C. The molecule has 0 aromatic carbocycles. The zero-order valence-electron chi connectivity index (χ0n) is 13.3. The van der Waals surface area contributed by atoms with E-state index in [4.69, 9.17) is 8.83 Å². The van der Waals surface area contributed by atoms with E-state index in [0.717, 1.165) is 17.5 Å². The van der Waals surface area contributed by atoms with Gasteiger partial charge >= 0.3 is 5.76 Å². The van der Waals surface area contributed by atoms with Gasteiger partial charge in [-0.25, -0.2) is 4.79 Å². The number of amides is 1. The molecule has 124 valence electrons. The minimum atomic E-state index is -0.670. The third kappa shape index (κ3) is 3.38. The summed E-state index contributed by atoms with van der Waals surface area (Å²) in [5.41, 5.74) is 0. The molecule has 0 radical (unpaired) electrons. The van der Waals surface area contributed by atoms with Crippen LogP contribution < -0.4 is 11.1 Å². The molecule has 1 aliphatic rings. The topological polar surface area (TPSA) is 90.3 Å². The zero-order chi connectivity index (χ0) is 16.4. The molecule has 3 unspecified atom stereocenters. The summed E-state index contributed by atoms with van der Waals surface area (Å²) >= 11 is 0. The quantitative estimate of drug-likeness (QED) is 0.931. The van der Waals surface area contributed by atoms with Gasteiger partial charge in [-0.15, -0.1) is 5.10 Å². The van der Waals surface area contributed by atoms with Gasteiger partial charge in [0.25, 0.3) is 5.89 Å². The Labute approximate surface area is 133 Å². The summed E-state index contributed by atoms with van der Waals surface area (Å²) in [6.07, 6.45) is 4.75. The third-order valence-electron chi connectivity index (χ3n) is 4.68. The first-order valence-corrected chi connectivity index (χ1v) is 7.96. The minimum Gasteiger partial charge on any atom is -0.459 e. The fourth-order valence-corrected chi connectivity index (χ4v) is 3.08. The van der Waals surface area contributed by atoms with Gasteiger partial charge in [-0.3, -0.25) is 4.79 Å². The van der Waals surface area contributed by atoms with Crippen LogP contribution in [0.25, 0.3) is 11.7 Å². The summed E-state index contributed by atoms with van der Waals surface area (Å²) in [5.74, 6) is 0.562. The van der Waals surface area contributed by atoms with Gasteiger partial charge in [-0.1, -0.05) is 26.7 Å². The number of aromatic nitrogens is 2. The molecule has 2 aromatic rings. The van der Waals surface area contributed by atoms with Crippen molar-refractivity contribution in [2.75, 3.05) is 0 Å². The number of nitrogens with one attached hydrogen (secondary N) is 1. The van der Waals surface area contributed by atoms with Gasteiger partial charge in [-0.05, 0) is 30.4 Å². The maximum Gasteiger partial charge on any atom is 0.437 e. The van der Waals surface area contributed by atoms with Crippen molar-refractivity contribution in [1.29, 1.82) is 0 Å². The van der Waals surface area contributed by atoms with Gasteiger partial charge in [0.05, 0.1) is 6.26 Å². The van der Waals surface area contributed by atoms with Crippen LogP contribution in [0.15, 0.2) is 32.0 Å². The first-order valence-electron chi connectivity index (χ1n) is 7.96. The van der Waals surface area contributed by atoms with Crippen molar-refractivity contribution < 1.29 is 13.6 Å². The van der Waals surface area contributed by atoms with E-state index in [0.29, 0.717) is 17.6 Å². The van der Waals surface area contributed by atoms with Crippen molar-refractivity contribution in [3.8, 4) is 11.7 Å². The second kappa shape index (κ2) is 6.44. The second-order valence-corrected chi connectivity index (χ2v) is 6.25. The van der Waals surface area contributed by atoms with Crippen LogP contribution in [0.1, 0.15) is 33.1 Å². The zero-order valence-corrected chi connectivity index (χ0v) is 13.3. The number of furan rings is 1. The molecule has 1 amide bonds. The fraction of sp³-hybridized carbons (Fsp3) is 0.562. The van der Waals surface area contributed by atoms with Gasteiger partial charge in [0.15, 0.2) is 5.76 Å². The van der Waals surface area contributed by atoms with Crippen LogP contribution >= 0.6 is 0 Å². The molecule has 7 nitrogen and oxygen atoms in total. The highest BCUT2D eigenvalue weighted by Crippen LogP contribution is 2.29. The molecule has 3 rings (SSSR count). The summed E-state index contributed by atoms with van der Waals surface area (Å²) < 4.78 is 11.2. The van der Waals surface area contributed by atoms with Crippen molar-refractivity contribution in [3.05, 3.63) is 28.9 Å². The normalized spacial score (nSPS) is 24.5. The van der Waals surface area contributed by atoms with E-state index in [9.17, 15) is 9.59 Å². The first-order chi connectivity index (χ1) is 11.0. The van der Waals surface area contributed by atoms with Crippen LogP contribution in [0.3, 0.4) is 0 Å². The van der Waals surface area contributed by atoms with Gasteiger partial charge in [-0.2, -0.15) is 4.68 Å². The van der Waals surface area contributed by atoms with Crippen LogP contribution in [0.4, 0.5) is 0 Å². The van der Waals surface area contributed by atoms with Crippen LogP contribution in [0, 0.1) is 11.8 Å². The van der Waals surface area contributed by atoms with Crippen LogP contribution in [-0.4, -0.2) is 21.7 Å². The molecule has 1 aliphatic carbocycles. The molecule has 1 saturated carbocycles. The van der Waals surface area contributed by atoms with Crippen molar-refractivity contribution in [3.63, 3.8) is 0 Å². The van der Waals surface area contributed by atoms with Crippen molar-refractivity contribution in [1.82, 2.24) is 15.1 Å². The molecule has 0 bridgehead atoms. The molecule has 2 aromatic heterocycles. The third-order valence-corrected chi connectivity index (χ3v) is 4.68. The molecule has 23 heavy (non-hydrogen) atoms. The van der Waals surface area contributed by atoms with Gasteiger partial charge in [0.2, 0.25) is 5.91 Å². The Kier molecular flexibility index (Phi) is 4.36. The molecule has 3 atom stereocenters. The highest BCUT2D eigenvalue weighted by molar-refractivity contribution is 5.76. The number of hydrogen-bond acceptors (Lipinski definition) is 5. The molecule has 7 heteroatoms. The maximum absolute atomic E-state index is 12.2. The Hall–Kier alpha value is -2.31. The van der Waals surface area contributed by atoms with Crippen LogP contribution in [0.2, 0.25) is 0 Å². The Balaban J connectivity index is 1.65. The van der Waals surface area contributed by atoms with Crippen molar-refractivity contribution in [2.24, 2.45) is 11.8 Å². The fourth-order valence-electron chi connectivity index (χ4n) is 3.08. The summed E-state index contributed by atoms with van der Waals surface area (Å²) in [7, 11) is 0. The molecule has 0 spiro atoms. The van der Waals surface area contributed by atoms with E-state index < -0.39 is 5.76 Å². The number of rotatable bonds is 4. The van der Waals surface area contributed by atoms with E-state index in [1.165, 1.54) is 12.7 Å². The number of hydrogen-bond donors (Lipinski definition) is 1. The Morgan fingerprint density at radius 2 is 2.26 bits per heavy atom. The highest BCUT2D eigenvalue weighted by Gasteiger charge is 2.28. The van der Waals surface area contributed by atoms with Crippen molar-refractivity contribution >= 4 is 5.91 Å². The maximum atomic E-state index is 12.2. The number of nitrogens with zero attached hydrogens (tertiary/aromatic N) is 2. The largest absolute Gasteiger partial charge is 0.459 e. The monoisotopic (exact) mass is 319 g/mol. The van der Waals surface area contributed by atoms with E-state index >= 15 is 0 Å². The Morgan fingerprint density at radius 3 is 3.00 bits per heavy atom. The van der Waals surface area contributed by atoms with Crippen LogP contribution in [0.5, 0.6) is 0 Å². The molecule has 1 N–H and O–H groups in total. The summed E-state index contributed by atoms with van der Waals surface area (Å²) in [4.78, 5) is 24.0. The summed E-state index contributed by atoms with van der Waals surface area (Å²) in [6.45, 7) is 4.22. The summed E-state index contributed by atoms with van der Waals surface area (Å²) in [5, 5.41) is 7.02. The van der Waals surface area contributed by atoms with Crippen molar-refractivity contribution in [2.45, 2.75) is 45.7 Å². The van der Waals surface area contributed by atoms with E-state index in [1.54, 1.807) is 12.1 Å². The molecule has 2 heterocycles. The molecule has 0 saturated heterocycles. The molecule has 0 aliphatic heterocycles. The highest BCUT2D eigenvalue weighted by atomic mass is 16.4. The number of carbonyl (C=O) groups excluding carboxylic acids is 1. The lowest BCUT2D eigenvalue weighted by molar-refractivity contribution is -0.123. The predicted molar refractivity (Wildman–Crippen MR) is 82.6 cm³/mol. The standard InChI is InChI=1S/C16H21N3O4/c1-10-5-3-6-12(11(10)2)17-14(20)9-19-16(21)23-15(18-19)13-7-4-8-22-13/h4,7-8,10-12H,3,5-6,9H2,1-2H3,(H,17,20).